The molecule has 1 fully saturated rings. The summed E-state index contributed by atoms with van der Waals surface area (Å²) in [6.07, 6.45) is 5.89. The first-order chi connectivity index (χ1) is 10.1. The standard InChI is InChI=1S/C17H23NO2S/c1-3-13-6-4-7-14(11-13)18-17(20)16-10-12(2)15(21-16)8-5-9-19/h10,13-14,19H,3-4,6-7,9,11H2,1-2H3,(H,18,20). The van der Waals surface area contributed by atoms with Gasteiger partial charge in [-0.2, -0.15) is 0 Å². The summed E-state index contributed by atoms with van der Waals surface area (Å²) in [4.78, 5) is 13.9. The zero-order valence-corrected chi connectivity index (χ0v) is 13.6. The third-order valence-electron chi connectivity index (χ3n) is 4.12. The molecule has 1 aromatic heterocycles. The smallest absolute Gasteiger partial charge is 0.261 e. The lowest BCUT2D eigenvalue weighted by molar-refractivity contribution is 0.0923. The van der Waals surface area contributed by atoms with E-state index in [0.717, 1.165) is 29.2 Å². The number of aryl methyl sites for hydroxylation is 1. The number of nitrogens with one attached hydrogen (secondary N) is 1. The minimum Gasteiger partial charge on any atom is -0.384 e. The van der Waals surface area contributed by atoms with Crippen molar-refractivity contribution in [3.8, 4) is 11.8 Å². The molecule has 1 aliphatic rings. The summed E-state index contributed by atoms with van der Waals surface area (Å²) in [5.41, 5.74) is 1.00. The van der Waals surface area contributed by atoms with E-state index in [2.05, 4.69) is 24.1 Å². The van der Waals surface area contributed by atoms with Crippen molar-refractivity contribution in [2.75, 3.05) is 6.61 Å². The monoisotopic (exact) mass is 305 g/mol. The van der Waals surface area contributed by atoms with Crippen LogP contribution in [0, 0.1) is 24.7 Å². The third-order valence-corrected chi connectivity index (χ3v) is 5.27. The predicted molar refractivity (Wildman–Crippen MR) is 86.5 cm³/mol. The molecule has 0 aliphatic heterocycles. The number of hydrogen-bond acceptors (Lipinski definition) is 3. The second-order valence-corrected chi connectivity index (χ2v) is 6.75. The number of rotatable bonds is 3. The van der Waals surface area contributed by atoms with Gasteiger partial charge < -0.3 is 10.4 Å². The number of aliphatic hydroxyl groups excluding tert-OH is 1. The average Bonchev–Trinajstić information content (AvgIpc) is 2.86. The summed E-state index contributed by atoms with van der Waals surface area (Å²) in [6.45, 7) is 4.02. The Bertz CT molecular complexity index is 553. The fraction of sp³-hybridized carbons (Fsp3) is 0.588. The Morgan fingerprint density at radius 3 is 3.05 bits per heavy atom. The number of hydrogen-bond donors (Lipinski definition) is 2. The Kier molecular flexibility index (Phi) is 5.84. The van der Waals surface area contributed by atoms with Crippen LogP contribution in [0.1, 0.15) is 59.1 Å². The number of carbonyl (C=O) groups excluding carboxylic acids is 1. The summed E-state index contributed by atoms with van der Waals surface area (Å²) < 4.78 is 0. The highest BCUT2D eigenvalue weighted by atomic mass is 32.1. The van der Waals surface area contributed by atoms with E-state index in [9.17, 15) is 4.79 Å². The Balaban J connectivity index is 2.00. The van der Waals surface area contributed by atoms with Gasteiger partial charge >= 0.3 is 0 Å². The summed E-state index contributed by atoms with van der Waals surface area (Å²) in [7, 11) is 0. The van der Waals surface area contributed by atoms with Gasteiger partial charge in [-0.15, -0.1) is 11.3 Å². The maximum atomic E-state index is 12.3. The van der Waals surface area contributed by atoms with Crippen molar-refractivity contribution in [3.05, 3.63) is 21.4 Å². The van der Waals surface area contributed by atoms with Crippen LogP contribution in [0.15, 0.2) is 6.07 Å². The van der Waals surface area contributed by atoms with Gasteiger partial charge in [0.1, 0.15) is 6.61 Å². The van der Waals surface area contributed by atoms with Crippen molar-refractivity contribution in [2.24, 2.45) is 5.92 Å². The van der Waals surface area contributed by atoms with Crippen LogP contribution in [0.4, 0.5) is 0 Å². The van der Waals surface area contributed by atoms with Gasteiger partial charge in [-0.05, 0) is 37.3 Å². The quantitative estimate of drug-likeness (QED) is 0.843. The lowest BCUT2D eigenvalue weighted by atomic mass is 9.84. The van der Waals surface area contributed by atoms with Gasteiger partial charge in [0.05, 0.1) is 9.75 Å². The van der Waals surface area contributed by atoms with Crippen LogP contribution in [0.2, 0.25) is 0 Å². The molecule has 0 bridgehead atoms. The fourth-order valence-electron chi connectivity index (χ4n) is 2.89. The Morgan fingerprint density at radius 1 is 1.52 bits per heavy atom. The summed E-state index contributed by atoms with van der Waals surface area (Å²) in [5, 5.41) is 11.9. The molecule has 1 saturated carbocycles. The van der Waals surface area contributed by atoms with Gasteiger partial charge in [0, 0.05) is 6.04 Å². The molecule has 21 heavy (non-hydrogen) atoms. The van der Waals surface area contributed by atoms with Crippen LogP contribution in [0.5, 0.6) is 0 Å². The highest BCUT2D eigenvalue weighted by Crippen LogP contribution is 2.27. The summed E-state index contributed by atoms with van der Waals surface area (Å²) in [5.74, 6) is 6.30. The second kappa shape index (κ2) is 7.63. The predicted octanol–water partition coefficient (Wildman–Crippen LogP) is 3.10. The lowest BCUT2D eigenvalue weighted by Gasteiger charge is -2.28. The van der Waals surface area contributed by atoms with E-state index in [1.807, 2.05) is 13.0 Å². The minimum atomic E-state index is -0.153. The molecule has 114 valence electrons. The van der Waals surface area contributed by atoms with Crippen molar-refractivity contribution < 1.29 is 9.90 Å². The largest absolute Gasteiger partial charge is 0.384 e. The number of amides is 1. The number of aliphatic hydroxyl groups is 1. The van der Waals surface area contributed by atoms with E-state index < -0.39 is 0 Å². The van der Waals surface area contributed by atoms with Crippen molar-refractivity contribution in [1.82, 2.24) is 5.32 Å². The zero-order chi connectivity index (χ0) is 15.2. The molecule has 2 unspecified atom stereocenters. The van der Waals surface area contributed by atoms with Gasteiger partial charge in [0.25, 0.3) is 5.91 Å². The first kappa shape index (κ1) is 16.1. The molecule has 1 heterocycles. The molecule has 1 aliphatic carbocycles. The first-order valence-electron chi connectivity index (χ1n) is 7.65. The minimum absolute atomic E-state index is 0.0156. The van der Waals surface area contributed by atoms with Crippen molar-refractivity contribution in [3.63, 3.8) is 0 Å². The third kappa shape index (κ3) is 4.33. The van der Waals surface area contributed by atoms with E-state index in [0.29, 0.717) is 10.9 Å². The van der Waals surface area contributed by atoms with Gasteiger partial charge in [-0.3, -0.25) is 4.79 Å². The van der Waals surface area contributed by atoms with Crippen molar-refractivity contribution >= 4 is 17.2 Å². The molecule has 0 saturated heterocycles. The van der Waals surface area contributed by atoms with Gasteiger partial charge in [0.15, 0.2) is 0 Å². The first-order valence-corrected chi connectivity index (χ1v) is 8.46. The average molecular weight is 305 g/mol. The molecule has 2 rings (SSSR count). The maximum absolute atomic E-state index is 12.3. The van der Waals surface area contributed by atoms with Crippen LogP contribution in [-0.4, -0.2) is 23.7 Å². The lowest BCUT2D eigenvalue weighted by Crippen LogP contribution is -2.38. The maximum Gasteiger partial charge on any atom is 0.261 e. The van der Waals surface area contributed by atoms with Crippen LogP contribution in [0.25, 0.3) is 0 Å². The van der Waals surface area contributed by atoms with E-state index >= 15 is 0 Å². The molecule has 0 aromatic carbocycles. The molecule has 4 heteroatoms. The highest BCUT2D eigenvalue weighted by Gasteiger charge is 2.23. The van der Waals surface area contributed by atoms with Crippen LogP contribution in [-0.2, 0) is 0 Å². The number of thiophene rings is 1. The molecule has 3 nitrogen and oxygen atoms in total. The highest BCUT2D eigenvalue weighted by molar-refractivity contribution is 7.14. The molecule has 1 amide bonds. The van der Waals surface area contributed by atoms with Crippen LogP contribution < -0.4 is 5.32 Å². The molecule has 2 atom stereocenters. The van der Waals surface area contributed by atoms with E-state index in [1.165, 1.54) is 30.6 Å². The summed E-state index contributed by atoms with van der Waals surface area (Å²) in [6, 6.07) is 2.20. The van der Waals surface area contributed by atoms with E-state index in [1.54, 1.807) is 0 Å². The number of carbonyl (C=O) groups is 1. The van der Waals surface area contributed by atoms with Crippen molar-refractivity contribution in [1.29, 1.82) is 0 Å². The van der Waals surface area contributed by atoms with Crippen LogP contribution >= 0.6 is 11.3 Å². The second-order valence-electron chi connectivity index (χ2n) is 5.69. The molecule has 0 radical (unpaired) electrons. The Labute approximate surface area is 130 Å². The van der Waals surface area contributed by atoms with Gasteiger partial charge in [0.2, 0.25) is 0 Å². The van der Waals surface area contributed by atoms with E-state index in [4.69, 9.17) is 5.11 Å². The Morgan fingerprint density at radius 2 is 2.33 bits per heavy atom. The van der Waals surface area contributed by atoms with Crippen LogP contribution in [0.3, 0.4) is 0 Å². The topological polar surface area (TPSA) is 49.3 Å². The molecular formula is C17H23NO2S. The van der Waals surface area contributed by atoms with E-state index in [-0.39, 0.29) is 12.5 Å². The molecular weight excluding hydrogens is 282 g/mol. The summed E-state index contributed by atoms with van der Waals surface area (Å²) >= 11 is 1.41. The Hall–Kier alpha value is -1.31. The molecule has 0 spiro atoms. The van der Waals surface area contributed by atoms with Crippen molar-refractivity contribution in [2.45, 2.75) is 52.0 Å². The normalized spacial score (nSPS) is 21.5. The molecule has 2 N–H and O–H groups in total. The van der Waals surface area contributed by atoms with Gasteiger partial charge in [-0.25, -0.2) is 0 Å². The SMILES string of the molecule is CCC1CCCC(NC(=O)c2cc(C)c(C#CCO)s2)C1. The zero-order valence-electron chi connectivity index (χ0n) is 12.7. The molecule has 1 aromatic rings. The fourth-order valence-corrected chi connectivity index (χ4v) is 3.84. The van der Waals surface area contributed by atoms with Gasteiger partial charge in [-0.1, -0.05) is 38.0 Å².